The predicted octanol–water partition coefficient (Wildman–Crippen LogP) is 13.4. The van der Waals surface area contributed by atoms with Crippen LogP contribution in [0.5, 0.6) is 0 Å². The van der Waals surface area contributed by atoms with E-state index in [4.69, 9.17) is 0 Å². The number of carbonyl (C=O) groups excluding carboxylic acids is 1. The minimum Gasteiger partial charge on any atom is -0.354 e. The number of benzene rings is 6. The van der Waals surface area contributed by atoms with Gasteiger partial charge in [0, 0.05) is 33.6 Å². The average Bonchev–Trinajstić information content (AvgIpc) is 3.19. The number of hydrogen-bond donors (Lipinski definition) is 3. The molecule has 0 saturated heterocycles. The second-order valence-corrected chi connectivity index (χ2v) is 18.1. The van der Waals surface area contributed by atoms with Crippen LogP contribution in [-0.4, -0.2) is 18.8 Å². The third-order valence-electron chi connectivity index (χ3n) is 12.0. The largest absolute Gasteiger partial charge is 0.354 e. The van der Waals surface area contributed by atoms with Gasteiger partial charge in [0.15, 0.2) is 5.78 Å². The summed E-state index contributed by atoms with van der Waals surface area (Å²) in [6, 6.07) is 30.1. The number of aryl methyl sites for hydroxylation is 4. The molecule has 0 radical (unpaired) electrons. The summed E-state index contributed by atoms with van der Waals surface area (Å²) in [5.41, 5.74) is 18.2. The van der Waals surface area contributed by atoms with Crippen molar-refractivity contribution in [2.24, 2.45) is 0 Å². The summed E-state index contributed by atoms with van der Waals surface area (Å²) >= 11 is 0. The summed E-state index contributed by atoms with van der Waals surface area (Å²) in [4.78, 5) is 13.3. The van der Waals surface area contributed by atoms with Gasteiger partial charge in [0.05, 0.1) is 34.0 Å². The highest BCUT2D eigenvalue weighted by Gasteiger charge is 2.33. The molecule has 0 spiro atoms. The first kappa shape index (κ1) is 43.0. The van der Waals surface area contributed by atoms with Crippen LogP contribution in [0, 0.1) is 61.3 Å². The molecule has 0 amide bonds. The zero-order chi connectivity index (χ0) is 43.1. The van der Waals surface area contributed by atoms with Gasteiger partial charge in [0.1, 0.15) is 4.90 Å². The van der Waals surface area contributed by atoms with Crippen molar-refractivity contribution in [3.63, 3.8) is 0 Å². The molecule has 0 atom stereocenters. The SMILES string of the molecule is Cc1cc(C)c(Nc2ccc([C+](c3ccc(Nc4c(C)cc(C)c(C)c4C)c(C(C)C)c3)c3ccc(C(=O)c4ccccc4)cc3S(=O)(=O)O)cc2C(C)C)c(C)c1C. The van der Waals surface area contributed by atoms with E-state index in [0.29, 0.717) is 17.0 Å². The van der Waals surface area contributed by atoms with E-state index in [1.807, 2.05) is 18.2 Å². The summed E-state index contributed by atoms with van der Waals surface area (Å²) in [6.45, 7) is 25.7. The van der Waals surface area contributed by atoms with Crippen LogP contribution >= 0.6 is 0 Å². The van der Waals surface area contributed by atoms with Crippen molar-refractivity contribution < 1.29 is 17.8 Å². The molecule has 0 heterocycles. The molecule has 6 aromatic rings. The predicted molar refractivity (Wildman–Crippen MR) is 245 cm³/mol. The monoisotopic (exact) mass is 805 g/mol. The summed E-state index contributed by atoms with van der Waals surface area (Å²) in [5, 5.41) is 7.51. The zero-order valence-corrected chi connectivity index (χ0v) is 37.3. The molecule has 0 aliphatic carbocycles. The van der Waals surface area contributed by atoms with Crippen LogP contribution in [0.2, 0.25) is 0 Å². The van der Waals surface area contributed by atoms with Crippen molar-refractivity contribution in [1.82, 2.24) is 0 Å². The fourth-order valence-electron chi connectivity index (χ4n) is 8.16. The maximum atomic E-state index is 13.6. The van der Waals surface area contributed by atoms with Gasteiger partial charge in [-0.3, -0.25) is 9.35 Å². The Hall–Kier alpha value is -5.63. The van der Waals surface area contributed by atoms with Gasteiger partial charge in [-0.1, -0.05) is 70.2 Å². The van der Waals surface area contributed by atoms with E-state index in [2.05, 4.69) is 130 Å². The summed E-state index contributed by atoms with van der Waals surface area (Å²) in [6.07, 6.45) is 0. The van der Waals surface area contributed by atoms with Crippen LogP contribution < -0.4 is 10.6 Å². The first-order chi connectivity index (χ1) is 27.8. The highest BCUT2D eigenvalue weighted by atomic mass is 32.2. The van der Waals surface area contributed by atoms with E-state index >= 15 is 0 Å². The first-order valence-corrected chi connectivity index (χ1v) is 21.8. The first-order valence-electron chi connectivity index (χ1n) is 20.3. The standard InChI is InChI=1S/C52H56N2O4S/c1-29(2)44-26-40(19-22-46(44)53-50-33(7)24-31(5)35(9)37(50)11)49(43-21-18-42(28-48(43)59(56,57)58)52(55)39-16-14-13-15-17-39)41-20-23-47(45(27-41)30(3)4)54-51-34(8)25-32(6)36(10)38(51)12/h13-30,53-54H,1-12H3/p+1. The molecule has 0 aliphatic rings. The molecule has 0 fully saturated rings. The molecular weight excluding hydrogens is 749 g/mol. The number of anilines is 4. The summed E-state index contributed by atoms with van der Waals surface area (Å²) < 4.78 is 37.8. The molecule has 304 valence electrons. The summed E-state index contributed by atoms with van der Waals surface area (Å²) in [5.74, 6) is 0.475. The van der Waals surface area contributed by atoms with Crippen molar-refractivity contribution in [2.45, 2.75) is 99.8 Å². The number of nitrogens with one attached hydrogen (secondary N) is 2. The number of hydrogen-bond acceptors (Lipinski definition) is 5. The molecular formula is C52H57N2O4S+. The molecule has 3 N–H and O–H groups in total. The molecule has 7 heteroatoms. The minimum absolute atomic E-state index is 0.0972. The quantitative estimate of drug-likeness (QED) is 0.0493. The Kier molecular flexibility index (Phi) is 12.3. The van der Waals surface area contributed by atoms with Gasteiger partial charge >= 0.3 is 10.1 Å². The summed E-state index contributed by atoms with van der Waals surface area (Å²) in [7, 11) is -4.82. The zero-order valence-electron chi connectivity index (χ0n) is 36.5. The second-order valence-electron chi connectivity index (χ2n) is 16.7. The van der Waals surface area contributed by atoms with Crippen LogP contribution in [0.4, 0.5) is 22.7 Å². The lowest BCUT2D eigenvalue weighted by atomic mass is 9.81. The van der Waals surface area contributed by atoms with Crippen LogP contribution in [0.15, 0.2) is 102 Å². The molecule has 6 rings (SSSR count). The van der Waals surface area contributed by atoms with Gasteiger partial charge < -0.3 is 10.6 Å². The Morgan fingerprint density at radius 1 is 0.542 bits per heavy atom. The smallest absolute Gasteiger partial charge is 0.315 e. The molecule has 0 aromatic heterocycles. The lowest BCUT2D eigenvalue weighted by molar-refractivity contribution is 0.103. The van der Waals surface area contributed by atoms with Gasteiger partial charge in [0.2, 0.25) is 0 Å². The van der Waals surface area contributed by atoms with Crippen LogP contribution in [0.1, 0.15) is 128 Å². The van der Waals surface area contributed by atoms with Gasteiger partial charge in [-0.05, 0) is 166 Å². The van der Waals surface area contributed by atoms with E-state index in [1.165, 1.54) is 39.4 Å². The van der Waals surface area contributed by atoms with Crippen LogP contribution in [0.25, 0.3) is 0 Å². The number of carbonyl (C=O) groups is 1. The normalized spacial score (nSPS) is 11.6. The van der Waals surface area contributed by atoms with Crippen molar-refractivity contribution in [3.8, 4) is 0 Å². The van der Waals surface area contributed by atoms with E-state index < -0.39 is 10.1 Å². The van der Waals surface area contributed by atoms with Crippen molar-refractivity contribution in [2.75, 3.05) is 10.6 Å². The molecule has 0 aliphatic heterocycles. The maximum absolute atomic E-state index is 13.6. The van der Waals surface area contributed by atoms with E-state index in [1.54, 1.807) is 36.4 Å². The van der Waals surface area contributed by atoms with Gasteiger partial charge in [-0.15, -0.1) is 0 Å². The second kappa shape index (κ2) is 16.9. The van der Waals surface area contributed by atoms with E-state index in [9.17, 15) is 17.8 Å². The molecule has 59 heavy (non-hydrogen) atoms. The third kappa shape index (κ3) is 8.73. The van der Waals surface area contributed by atoms with Gasteiger partial charge in [0.25, 0.3) is 0 Å². The Morgan fingerprint density at radius 3 is 1.42 bits per heavy atom. The number of rotatable bonds is 12. The lowest BCUT2D eigenvalue weighted by Crippen LogP contribution is -2.14. The van der Waals surface area contributed by atoms with Crippen LogP contribution in [0.3, 0.4) is 0 Å². The average molecular weight is 806 g/mol. The fraction of sp³-hybridized carbons (Fsp3) is 0.269. The molecule has 0 bridgehead atoms. The maximum Gasteiger partial charge on any atom is 0.315 e. The van der Waals surface area contributed by atoms with Crippen molar-refractivity contribution >= 4 is 38.7 Å². The van der Waals surface area contributed by atoms with Crippen molar-refractivity contribution in [3.05, 3.63) is 186 Å². The third-order valence-corrected chi connectivity index (χ3v) is 12.9. The van der Waals surface area contributed by atoms with E-state index in [0.717, 1.165) is 56.1 Å². The Bertz CT molecular complexity index is 2570. The van der Waals surface area contributed by atoms with Crippen LogP contribution in [-0.2, 0) is 10.1 Å². The molecule has 0 saturated carbocycles. The molecule has 6 nitrogen and oxygen atoms in total. The lowest BCUT2D eigenvalue weighted by Gasteiger charge is -2.23. The van der Waals surface area contributed by atoms with Crippen molar-refractivity contribution in [1.29, 1.82) is 0 Å². The fourth-order valence-corrected chi connectivity index (χ4v) is 8.88. The Labute approximate surface area is 351 Å². The highest BCUT2D eigenvalue weighted by Crippen LogP contribution is 2.42. The molecule has 0 unspecified atom stereocenters. The van der Waals surface area contributed by atoms with Gasteiger partial charge in [-0.2, -0.15) is 8.42 Å². The number of ketones is 1. The van der Waals surface area contributed by atoms with E-state index in [-0.39, 0.29) is 28.1 Å². The highest BCUT2D eigenvalue weighted by molar-refractivity contribution is 7.85. The van der Waals surface area contributed by atoms with Gasteiger partial charge in [-0.25, -0.2) is 0 Å². The Balaban J connectivity index is 1.58. The minimum atomic E-state index is -4.82. The Morgan fingerprint density at radius 2 is 1.00 bits per heavy atom. The topological polar surface area (TPSA) is 95.5 Å². The molecule has 6 aromatic carbocycles.